The molecular formula is C8H14N4O2. The molecule has 0 aliphatic heterocycles. The first-order chi connectivity index (χ1) is 6.70. The van der Waals surface area contributed by atoms with Crippen molar-refractivity contribution in [3.05, 3.63) is 15.8 Å². The van der Waals surface area contributed by atoms with Crippen molar-refractivity contribution in [1.29, 1.82) is 0 Å². The standard InChI is InChI=1S/C8H14N4O2/c1-3-5-6-11-8(12(13)14)7(4-2)9-10-11/h3-6H2,1-2H3. The molecule has 1 aromatic heterocycles. The van der Waals surface area contributed by atoms with E-state index >= 15 is 0 Å². The van der Waals surface area contributed by atoms with Crippen LogP contribution in [-0.4, -0.2) is 19.9 Å². The second kappa shape index (κ2) is 4.69. The summed E-state index contributed by atoms with van der Waals surface area (Å²) in [6.07, 6.45) is 2.41. The molecule has 0 unspecified atom stereocenters. The van der Waals surface area contributed by atoms with Crippen LogP contribution < -0.4 is 0 Å². The second-order valence-electron chi connectivity index (χ2n) is 3.05. The van der Waals surface area contributed by atoms with Crippen LogP contribution in [-0.2, 0) is 13.0 Å². The Morgan fingerprint density at radius 1 is 1.50 bits per heavy atom. The molecule has 0 radical (unpaired) electrons. The van der Waals surface area contributed by atoms with E-state index in [4.69, 9.17) is 0 Å². The maximum atomic E-state index is 10.7. The third kappa shape index (κ3) is 2.07. The zero-order valence-corrected chi connectivity index (χ0v) is 8.43. The summed E-state index contributed by atoms with van der Waals surface area (Å²) in [5, 5.41) is 18.3. The molecule has 0 N–H and O–H groups in total. The van der Waals surface area contributed by atoms with E-state index in [-0.39, 0.29) is 5.82 Å². The van der Waals surface area contributed by atoms with E-state index in [1.54, 1.807) is 0 Å². The molecule has 0 saturated carbocycles. The zero-order chi connectivity index (χ0) is 10.6. The third-order valence-electron chi connectivity index (χ3n) is 2.01. The summed E-state index contributed by atoms with van der Waals surface area (Å²) in [5.41, 5.74) is 0.464. The van der Waals surface area contributed by atoms with Gasteiger partial charge >= 0.3 is 5.82 Å². The van der Waals surface area contributed by atoms with Crippen molar-refractivity contribution in [2.45, 2.75) is 39.7 Å². The summed E-state index contributed by atoms with van der Waals surface area (Å²) in [5.74, 6) is 0.0425. The SMILES string of the molecule is CCCCn1nnc(CC)c1[N+](=O)[O-]. The monoisotopic (exact) mass is 198 g/mol. The average molecular weight is 198 g/mol. The second-order valence-corrected chi connectivity index (χ2v) is 3.05. The van der Waals surface area contributed by atoms with E-state index in [9.17, 15) is 10.1 Å². The summed E-state index contributed by atoms with van der Waals surface area (Å²) < 4.78 is 1.38. The van der Waals surface area contributed by atoms with Gasteiger partial charge in [-0.2, -0.15) is 0 Å². The van der Waals surface area contributed by atoms with Crippen LogP contribution in [0.4, 0.5) is 5.82 Å². The van der Waals surface area contributed by atoms with Gasteiger partial charge < -0.3 is 10.1 Å². The van der Waals surface area contributed by atoms with Gasteiger partial charge in [-0.25, -0.2) is 0 Å². The largest absolute Gasteiger partial charge is 0.368 e. The molecule has 0 bridgehead atoms. The van der Waals surface area contributed by atoms with Crippen molar-refractivity contribution in [3.63, 3.8) is 0 Å². The van der Waals surface area contributed by atoms with Gasteiger partial charge in [0.2, 0.25) is 0 Å². The average Bonchev–Trinajstić information content (AvgIpc) is 2.57. The Balaban J connectivity index is 2.92. The topological polar surface area (TPSA) is 73.8 Å². The van der Waals surface area contributed by atoms with Crippen LogP contribution in [0, 0.1) is 10.1 Å². The predicted molar refractivity (Wildman–Crippen MR) is 51.0 cm³/mol. The molecular weight excluding hydrogens is 184 g/mol. The van der Waals surface area contributed by atoms with Gasteiger partial charge in [0.05, 0.1) is 0 Å². The molecule has 0 aliphatic carbocycles. The van der Waals surface area contributed by atoms with Crippen LogP contribution in [0.15, 0.2) is 0 Å². The molecule has 14 heavy (non-hydrogen) atoms. The van der Waals surface area contributed by atoms with Crippen molar-refractivity contribution in [2.24, 2.45) is 0 Å². The highest BCUT2D eigenvalue weighted by molar-refractivity contribution is 5.24. The van der Waals surface area contributed by atoms with Gasteiger partial charge in [-0.15, -0.1) is 9.78 Å². The van der Waals surface area contributed by atoms with Crippen molar-refractivity contribution >= 4 is 5.82 Å². The molecule has 0 atom stereocenters. The summed E-state index contributed by atoms with van der Waals surface area (Å²) in [7, 11) is 0. The first-order valence-corrected chi connectivity index (χ1v) is 4.77. The minimum absolute atomic E-state index is 0.0425. The van der Waals surface area contributed by atoms with Gasteiger partial charge in [0.25, 0.3) is 0 Å². The molecule has 78 valence electrons. The number of aryl methyl sites for hydroxylation is 2. The first-order valence-electron chi connectivity index (χ1n) is 4.77. The van der Waals surface area contributed by atoms with Gasteiger partial charge in [-0.05, 0) is 17.8 Å². The lowest BCUT2D eigenvalue weighted by atomic mass is 10.3. The highest BCUT2D eigenvalue weighted by Gasteiger charge is 2.21. The molecule has 0 aliphatic rings. The Hall–Kier alpha value is -1.46. The van der Waals surface area contributed by atoms with E-state index < -0.39 is 4.92 Å². The molecule has 1 heterocycles. The van der Waals surface area contributed by atoms with Crippen LogP contribution in [0.3, 0.4) is 0 Å². The summed E-state index contributed by atoms with van der Waals surface area (Å²) in [6, 6.07) is 0. The van der Waals surface area contributed by atoms with Gasteiger partial charge in [0.1, 0.15) is 6.54 Å². The van der Waals surface area contributed by atoms with Crippen LogP contribution >= 0.6 is 0 Å². The number of rotatable bonds is 5. The van der Waals surface area contributed by atoms with E-state index in [2.05, 4.69) is 10.3 Å². The van der Waals surface area contributed by atoms with Crippen molar-refractivity contribution in [1.82, 2.24) is 15.0 Å². The lowest BCUT2D eigenvalue weighted by Crippen LogP contribution is -2.05. The third-order valence-corrected chi connectivity index (χ3v) is 2.01. The summed E-state index contributed by atoms with van der Waals surface area (Å²) in [4.78, 5) is 10.3. The molecule has 1 aromatic rings. The quantitative estimate of drug-likeness (QED) is 0.531. The van der Waals surface area contributed by atoms with E-state index in [1.165, 1.54) is 4.68 Å². The van der Waals surface area contributed by atoms with Crippen LogP contribution in [0.25, 0.3) is 0 Å². The maximum absolute atomic E-state index is 10.7. The molecule has 6 nitrogen and oxygen atoms in total. The lowest BCUT2D eigenvalue weighted by molar-refractivity contribution is -0.393. The van der Waals surface area contributed by atoms with Crippen molar-refractivity contribution in [2.75, 3.05) is 0 Å². The molecule has 0 amide bonds. The Bertz CT molecular complexity index is 321. The fourth-order valence-corrected chi connectivity index (χ4v) is 1.23. The van der Waals surface area contributed by atoms with Gasteiger partial charge in [-0.3, -0.25) is 0 Å². The van der Waals surface area contributed by atoms with Crippen molar-refractivity contribution in [3.8, 4) is 0 Å². The highest BCUT2D eigenvalue weighted by atomic mass is 16.6. The Morgan fingerprint density at radius 3 is 2.71 bits per heavy atom. The lowest BCUT2D eigenvalue weighted by Gasteiger charge is -1.97. The molecule has 0 aromatic carbocycles. The smallest absolute Gasteiger partial charge is 0.358 e. The normalized spacial score (nSPS) is 10.4. The van der Waals surface area contributed by atoms with E-state index in [1.807, 2.05) is 13.8 Å². The number of nitro groups is 1. The summed E-state index contributed by atoms with van der Waals surface area (Å²) >= 11 is 0. The predicted octanol–water partition coefficient (Wildman–Crippen LogP) is 1.55. The number of hydrogen-bond donors (Lipinski definition) is 0. The first kappa shape index (κ1) is 10.6. The number of unbranched alkanes of at least 4 members (excludes halogenated alkanes) is 1. The molecule has 1 rings (SSSR count). The Kier molecular flexibility index (Phi) is 3.55. The number of hydrogen-bond acceptors (Lipinski definition) is 4. The highest BCUT2D eigenvalue weighted by Crippen LogP contribution is 2.16. The van der Waals surface area contributed by atoms with E-state index in [0.717, 1.165) is 12.8 Å². The van der Waals surface area contributed by atoms with Gasteiger partial charge in [-0.1, -0.05) is 20.3 Å². The zero-order valence-electron chi connectivity index (χ0n) is 8.43. The minimum Gasteiger partial charge on any atom is -0.358 e. The number of nitrogens with zero attached hydrogens (tertiary/aromatic N) is 4. The molecule has 0 fully saturated rings. The fourth-order valence-electron chi connectivity index (χ4n) is 1.23. The molecule has 0 saturated heterocycles. The Labute approximate surface area is 82.1 Å². The van der Waals surface area contributed by atoms with Crippen LogP contribution in [0.2, 0.25) is 0 Å². The fraction of sp³-hybridized carbons (Fsp3) is 0.750. The van der Waals surface area contributed by atoms with Crippen LogP contribution in [0.1, 0.15) is 32.4 Å². The minimum atomic E-state index is -0.408. The van der Waals surface area contributed by atoms with Gasteiger partial charge in [0, 0.05) is 5.21 Å². The molecule has 0 spiro atoms. The van der Waals surface area contributed by atoms with Gasteiger partial charge in [0.15, 0.2) is 5.69 Å². The molecule has 6 heteroatoms. The van der Waals surface area contributed by atoms with Crippen molar-refractivity contribution < 1.29 is 4.92 Å². The maximum Gasteiger partial charge on any atom is 0.368 e. The summed E-state index contributed by atoms with van der Waals surface area (Å²) in [6.45, 7) is 4.44. The number of aromatic nitrogens is 3. The van der Waals surface area contributed by atoms with E-state index in [0.29, 0.717) is 18.7 Å². The Morgan fingerprint density at radius 2 is 2.21 bits per heavy atom. The van der Waals surface area contributed by atoms with Crippen LogP contribution in [0.5, 0.6) is 0 Å².